The smallest absolute Gasteiger partial charge is 0.335 e. The van der Waals surface area contributed by atoms with E-state index in [1.807, 2.05) is 13.0 Å². The number of rotatable bonds is 7. The van der Waals surface area contributed by atoms with Gasteiger partial charge in [-0.2, -0.15) is 9.55 Å². The zero-order valence-corrected chi connectivity index (χ0v) is 18.9. The fraction of sp³-hybridized carbons (Fsp3) is 0.227. The Morgan fingerprint density at radius 1 is 1.25 bits per heavy atom. The lowest BCUT2D eigenvalue weighted by Gasteiger charge is -2.10. The van der Waals surface area contributed by atoms with Crippen molar-refractivity contribution < 1.29 is 9.53 Å². The van der Waals surface area contributed by atoms with Crippen molar-refractivity contribution >= 4 is 39.6 Å². The van der Waals surface area contributed by atoms with Crippen LogP contribution < -0.4 is 16.0 Å². The zero-order chi connectivity index (χ0) is 22.8. The minimum Gasteiger partial charge on any atom is -0.481 e. The van der Waals surface area contributed by atoms with E-state index in [-0.39, 0.29) is 24.0 Å². The van der Waals surface area contributed by atoms with Crippen molar-refractivity contribution in [1.82, 2.24) is 19.5 Å². The number of benzene rings is 1. The van der Waals surface area contributed by atoms with Crippen LogP contribution in [0.1, 0.15) is 22.4 Å². The number of methoxy groups -OCH3 is 1. The Labute approximate surface area is 191 Å². The largest absolute Gasteiger partial charge is 0.481 e. The highest BCUT2D eigenvalue weighted by molar-refractivity contribution is 7.16. The Hall–Kier alpha value is -3.30. The van der Waals surface area contributed by atoms with Crippen LogP contribution in [0.2, 0.25) is 4.34 Å². The van der Waals surface area contributed by atoms with Gasteiger partial charge in [0.1, 0.15) is 5.78 Å². The van der Waals surface area contributed by atoms with Crippen LogP contribution in [-0.4, -0.2) is 32.4 Å². The van der Waals surface area contributed by atoms with Gasteiger partial charge in [-0.05, 0) is 43.2 Å². The number of thiophene rings is 1. The van der Waals surface area contributed by atoms with E-state index in [0.29, 0.717) is 33.6 Å². The van der Waals surface area contributed by atoms with E-state index < -0.39 is 11.2 Å². The molecule has 8 nitrogen and oxygen atoms in total. The molecule has 0 radical (unpaired) electrons. The fourth-order valence-corrected chi connectivity index (χ4v) is 4.44. The number of aromatic nitrogens is 4. The SMILES string of the molecule is COc1nc(-n2c(=O)[nH]c3cc(C)ccc3c2=O)ncc1CC(=O)CCc1ccc(Cl)s1. The number of Topliss-reactive ketones (excluding diaryl/α,β-unsaturated/α-hetero) is 1. The molecule has 0 unspecified atom stereocenters. The first-order chi connectivity index (χ1) is 15.4. The van der Waals surface area contributed by atoms with Crippen molar-refractivity contribution in [2.45, 2.75) is 26.2 Å². The van der Waals surface area contributed by atoms with Crippen LogP contribution in [-0.2, 0) is 17.6 Å². The topological polar surface area (TPSA) is 107 Å². The molecule has 3 heterocycles. The number of halogens is 1. The summed E-state index contributed by atoms with van der Waals surface area (Å²) in [5.74, 6) is -0.00177. The predicted molar refractivity (Wildman–Crippen MR) is 123 cm³/mol. The molecule has 0 atom stereocenters. The summed E-state index contributed by atoms with van der Waals surface area (Å²) in [4.78, 5) is 50.0. The minimum absolute atomic E-state index is 0.0136. The number of hydrogen-bond acceptors (Lipinski definition) is 7. The van der Waals surface area contributed by atoms with E-state index in [9.17, 15) is 14.4 Å². The lowest BCUT2D eigenvalue weighted by molar-refractivity contribution is -0.118. The second-order valence-electron chi connectivity index (χ2n) is 7.25. The summed E-state index contributed by atoms with van der Waals surface area (Å²) < 4.78 is 6.85. The number of hydrogen-bond donors (Lipinski definition) is 1. The van der Waals surface area contributed by atoms with Crippen LogP contribution in [0.4, 0.5) is 0 Å². The number of aromatic amines is 1. The molecule has 164 valence electrons. The molecular weight excluding hydrogens is 452 g/mol. The van der Waals surface area contributed by atoms with E-state index in [0.717, 1.165) is 15.0 Å². The van der Waals surface area contributed by atoms with Crippen LogP contribution in [0, 0.1) is 6.92 Å². The number of ketones is 1. The van der Waals surface area contributed by atoms with Gasteiger partial charge in [0.2, 0.25) is 11.8 Å². The van der Waals surface area contributed by atoms with Gasteiger partial charge in [-0.25, -0.2) is 9.78 Å². The van der Waals surface area contributed by atoms with Crippen molar-refractivity contribution in [3.8, 4) is 11.8 Å². The second-order valence-corrected chi connectivity index (χ2v) is 9.05. The van der Waals surface area contributed by atoms with Gasteiger partial charge >= 0.3 is 5.69 Å². The number of aryl methyl sites for hydroxylation is 2. The zero-order valence-electron chi connectivity index (χ0n) is 17.3. The predicted octanol–water partition coefficient (Wildman–Crippen LogP) is 3.25. The molecule has 0 aliphatic carbocycles. The number of ether oxygens (including phenoxy) is 1. The summed E-state index contributed by atoms with van der Waals surface area (Å²) in [6.07, 6.45) is 2.42. The molecule has 0 amide bonds. The quantitative estimate of drug-likeness (QED) is 0.444. The highest BCUT2D eigenvalue weighted by Gasteiger charge is 2.17. The molecule has 0 saturated carbocycles. The Morgan fingerprint density at radius 3 is 2.78 bits per heavy atom. The van der Waals surface area contributed by atoms with E-state index in [1.54, 1.807) is 24.3 Å². The molecule has 0 saturated heterocycles. The van der Waals surface area contributed by atoms with Gasteiger partial charge in [-0.15, -0.1) is 11.3 Å². The van der Waals surface area contributed by atoms with Crippen LogP contribution in [0.3, 0.4) is 0 Å². The molecule has 1 N–H and O–H groups in total. The number of nitrogens with one attached hydrogen (secondary N) is 1. The standard InChI is InChI=1S/C22H19ClN4O4S/c1-12-3-7-16-17(9-12)25-22(30)27(20(16)29)21-24-11-13(19(26-21)31-2)10-14(28)4-5-15-6-8-18(23)32-15/h3,6-9,11H,4-5,10H2,1-2H3,(H,25,30). The van der Waals surface area contributed by atoms with Crippen molar-refractivity contribution in [3.63, 3.8) is 0 Å². The maximum absolute atomic E-state index is 12.9. The number of H-pyrrole nitrogens is 1. The molecule has 0 spiro atoms. The Balaban J connectivity index is 1.61. The monoisotopic (exact) mass is 470 g/mol. The van der Waals surface area contributed by atoms with Gasteiger partial charge in [-0.3, -0.25) is 9.59 Å². The molecule has 4 rings (SSSR count). The van der Waals surface area contributed by atoms with E-state index in [4.69, 9.17) is 16.3 Å². The van der Waals surface area contributed by atoms with E-state index >= 15 is 0 Å². The molecule has 3 aromatic heterocycles. The van der Waals surface area contributed by atoms with Crippen molar-refractivity contribution in [1.29, 1.82) is 0 Å². The third kappa shape index (κ3) is 4.49. The Morgan fingerprint density at radius 2 is 2.06 bits per heavy atom. The molecule has 0 aliphatic heterocycles. The first-order valence-corrected chi connectivity index (χ1v) is 11.0. The molecule has 4 aromatic rings. The normalized spacial score (nSPS) is 11.1. The third-order valence-corrected chi connectivity index (χ3v) is 6.22. The summed E-state index contributed by atoms with van der Waals surface area (Å²) in [5, 5.41) is 0.339. The minimum atomic E-state index is -0.659. The molecule has 0 bridgehead atoms. The average molecular weight is 471 g/mol. The Bertz CT molecular complexity index is 1440. The number of fused-ring (bicyclic) bond motifs is 1. The molecule has 32 heavy (non-hydrogen) atoms. The van der Waals surface area contributed by atoms with Crippen molar-refractivity contribution in [3.05, 3.63) is 77.7 Å². The first kappa shape index (κ1) is 21.9. The van der Waals surface area contributed by atoms with Crippen LogP contribution in [0.5, 0.6) is 5.88 Å². The molecule has 0 aliphatic rings. The van der Waals surface area contributed by atoms with Crippen LogP contribution >= 0.6 is 22.9 Å². The summed E-state index contributed by atoms with van der Waals surface area (Å²) in [6.45, 7) is 1.87. The summed E-state index contributed by atoms with van der Waals surface area (Å²) in [6, 6.07) is 8.86. The van der Waals surface area contributed by atoms with Gasteiger partial charge < -0.3 is 9.72 Å². The van der Waals surface area contributed by atoms with Crippen molar-refractivity contribution in [2.24, 2.45) is 0 Å². The summed E-state index contributed by atoms with van der Waals surface area (Å²) in [7, 11) is 1.41. The molecule has 0 fully saturated rings. The van der Waals surface area contributed by atoms with Gasteiger partial charge in [-0.1, -0.05) is 17.7 Å². The number of nitrogens with zero attached hydrogens (tertiary/aromatic N) is 3. The maximum atomic E-state index is 12.9. The lowest BCUT2D eigenvalue weighted by Crippen LogP contribution is -2.35. The number of carbonyl (C=O) groups excluding carboxylic acids is 1. The fourth-order valence-electron chi connectivity index (χ4n) is 3.35. The van der Waals surface area contributed by atoms with Gasteiger partial charge in [0.05, 0.1) is 22.3 Å². The third-order valence-electron chi connectivity index (χ3n) is 4.93. The van der Waals surface area contributed by atoms with Gasteiger partial charge in [0, 0.05) is 29.5 Å². The molecule has 10 heteroatoms. The van der Waals surface area contributed by atoms with Crippen molar-refractivity contribution in [2.75, 3.05) is 7.11 Å². The molecular formula is C22H19ClN4O4S. The van der Waals surface area contributed by atoms with Crippen LogP contribution in [0.25, 0.3) is 16.9 Å². The Kier molecular flexibility index (Phi) is 6.20. The number of carbonyl (C=O) groups is 1. The molecule has 1 aromatic carbocycles. The second kappa shape index (κ2) is 9.05. The summed E-state index contributed by atoms with van der Waals surface area (Å²) >= 11 is 7.37. The van der Waals surface area contributed by atoms with Gasteiger partial charge in [0.25, 0.3) is 5.56 Å². The van der Waals surface area contributed by atoms with E-state index in [2.05, 4.69) is 15.0 Å². The van der Waals surface area contributed by atoms with Crippen LogP contribution in [0.15, 0.2) is 46.1 Å². The maximum Gasteiger partial charge on any atom is 0.335 e. The lowest BCUT2D eigenvalue weighted by atomic mass is 10.1. The van der Waals surface area contributed by atoms with Gasteiger partial charge in [0.15, 0.2) is 0 Å². The highest BCUT2D eigenvalue weighted by Crippen LogP contribution is 2.23. The van der Waals surface area contributed by atoms with E-state index in [1.165, 1.54) is 24.6 Å². The highest BCUT2D eigenvalue weighted by atomic mass is 35.5. The average Bonchev–Trinajstić information content (AvgIpc) is 3.18. The summed E-state index contributed by atoms with van der Waals surface area (Å²) in [5.41, 5.74) is 0.640. The first-order valence-electron chi connectivity index (χ1n) is 9.77.